The second-order valence-corrected chi connectivity index (χ2v) is 5.62. The first-order chi connectivity index (χ1) is 9.29. The molecule has 102 valence electrons. The second kappa shape index (κ2) is 5.61. The van der Waals surface area contributed by atoms with E-state index in [0.717, 1.165) is 18.4 Å². The van der Waals surface area contributed by atoms with E-state index in [-0.39, 0.29) is 6.03 Å². The smallest absolute Gasteiger partial charge is 0.315 e. The molecule has 2 bridgehead atoms. The summed E-state index contributed by atoms with van der Waals surface area (Å²) in [7, 11) is 0. The highest BCUT2D eigenvalue weighted by molar-refractivity contribution is 5.74. The molecule has 2 saturated heterocycles. The van der Waals surface area contributed by atoms with Crippen LogP contribution in [-0.4, -0.2) is 24.2 Å². The van der Waals surface area contributed by atoms with Crippen LogP contribution < -0.4 is 16.0 Å². The van der Waals surface area contributed by atoms with Gasteiger partial charge >= 0.3 is 6.03 Å². The van der Waals surface area contributed by atoms with E-state index in [1.54, 1.807) is 0 Å². The largest absolute Gasteiger partial charge is 0.335 e. The molecule has 3 rings (SSSR count). The van der Waals surface area contributed by atoms with E-state index < -0.39 is 0 Å². The predicted molar refractivity (Wildman–Crippen MR) is 74.8 cm³/mol. The molecule has 2 fully saturated rings. The van der Waals surface area contributed by atoms with Crippen molar-refractivity contribution in [1.82, 2.24) is 16.0 Å². The number of carbonyl (C=O) groups excluding carboxylic acids is 1. The van der Waals surface area contributed by atoms with Gasteiger partial charge in [-0.25, -0.2) is 4.79 Å². The number of rotatable bonds is 3. The summed E-state index contributed by atoms with van der Waals surface area (Å²) in [5.41, 5.74) is 1.13. The molecule has 1 aromatic carbocycles. The van der Waals surface area contributed by atoms with E-state index in [1.807, 2.05) is 30.3 Å². The van der Waals surface area contributed by atoms with Gasteiger partial charge in [0.15, 0.2) is 0 Å². The summed E-state index contributed by atoms with van der Waals surface area (Å²) in [6.45, 7) is 0.588. The minimum Gasteiger partial charge on any atom is -0.335 e. The summed E-state index contributed by atoms with van der Waals surface area (Å²) in [5.74, 6) is 0. The summed E-state index contributed by atoms with van der Waals surface area (Å²) in [5, 5.41) is 9.61. The van der Waals surface area contributed by atoms with Crippen LogP contribution in [0.4, 0.5) is 4.79 Å². The molecule has 3 N–H and O–H groups in total. The fourth-order valence-electron chi connectivity index (χ4n) is 3.19. The van der Waals surface area contributed by atoms with Gasteiger partial charge in [0.25, 0.3) is 0 Å². The monoisotopic (exact) mass is 259 g/mol. The van der Waals surface area contributed by atoms with E-state index in [2.05, 4.69) is 16.0 Å². The molecule has 0 aliphatic carbocycles. The Kier molecular flexibility index (Phi) is 3.69. The molecule has 4 heteroatoms. The Hall–Kier alpha value is -1.55. The number of fused-ring (bicyclic) bond motifs is 2. The van der Waals surface area contributed by atoms with Crippen LogP contribution in [0.3, 0.4) is 0 Å². The first-order valence-corrected chi connectivity index (χ1v) is 7.14. The van der Waals surface area contributed by atoms with Crippen LogP contribution in [0.25, 0.3) is 0 Å². The van der Waals surface area contributed by atoms with Gasteiger partial charge in [-0.15, -0.1) is 0 Å². The van der Waals surface area contributed by atoms with Gasteiger partial charge in [0.05, 0.1) is 0 Å². The van der Waals surface area contributed by atoms with Crippen molar-refractivity contribution in [3.8, 4) is 0 Å². The molecular formula is C15H21N3O. The summed E-state index contributed by atoms with van der Waals surface area (Å²) >= 11 is 0. The van der Waals surface area contributed by atoms with E-state index >= 15 is 0 Å². The van der Waals surface area contributed by atoms with Gasteiger partial charge in [0.2, 0.25) is 0 Å². The Bertz CT molecular complexity index is 422. The Balaban J connectivity index is 1.44. The number of nitrogens with one attached hydrogen (secondary N) is 3. The molecule has 0 saturated carbocycles. The molecule has 2 unspecified atom stereocenters. The molecule has 2 aliphatic rings. The standard InChI is InChI=1S/C15H21N3O/c19-15(16-10-11-4-2-1-3-5-11)18-14-8-12-6-7-13(9-14)17-12/h1-5,12-14,17H,6-10H2,(H2,16,18,19). The molecule has 4 nitrogen and oxygen atoms in total. The van der Waals surface area contributed by atoms with Crippen LogP contribution in [0.1, 0.15) is 31.2 Å². The second-order valence-electron chi connectivity index (χ2n) is 5.62. The fraction of sp³-hybridized carbons (Fsp3) is 0.533. The minimum absolute atomic E-state index is 0.0462. The van der Waals surface area contributed by atoms with Crippen molar-refractivity contribution in [2.75, 3.05) is 0 Å². The number of benzene rings is 1. The molecule has 0 aromatic heterocycles. The summed E-state index contributed by atoms with van der Waals surface area (Å²) in [4.78, 5) is 11.9. The van der Waals surface area contributed by atoms with E-state index in [1.165, 1.54) is 12.8 Å². The highest BCUT2D eigenvalue weighted by atomic mass is 16.2. The Morgan fingerprint density at radius 2 is 1.84 bits per heavy atom. The summed E-state index contributed by atoms with van der Waals surface area (Å²) in [6, 6.07) is 11.5. The SMILES string of the molecule is O=C(NCc1ccccc1)NC1CC2CCC(C1)N2. The molecule has 2 heterocycles. The maximum atomic E-state index is 11.9. The average Bonchev–Trinajstić information content (AvgIpc) is 2.77. The van der Waals surface area contributed by atoms with Gasteiger partial charge in [-0.3, -0.25) is 0 Å². The van der Waals surface area contributed by atoms with Crippen LogP contribution in [-0.2, 0) is 6.54 Å². The van der Waals surface area contributed by atoms with Crippen molar-refractivity contribution in [3.05, 3.63) is 35.9 Å². The quantitative estimate of drug-likeness (QED) is 0.775. The van der Waals surface area contributed by atoms with Crippen molar-refractivity contribution in [2.24, 2.45) is 0 Å². The third kappa shape index (κ3) is 3.26. The zero-order chi connectivity index (χ0) is 13.1. The minimum atomic E-state index is -0.0462. The van der Waals surface area contributed by atoms with Crippen LogP contribution in [0.2, 0.25) is 0 Å². The first kappa shape index (κ1) is 12.5. The highest BCUT2D eigenvalue weighted by Crippen LogP contribution is 2.26. The number of amides is 2. The fourth-order valence-corrected chi connectivity index (χ4v) is 3.19. The number of urea groups is 1. The highest BCUT2D eigenvalue weighted by Gasteiger charge is 2.33. The Labute approximate surface area is 114 Å². The van der Waals surface area contributed by atoms with Crippen molar-refractivity contribution < 1.29 is 4.79 Å². The van der Waals surface area contributed by atoms with Gasteiger partial charge in [-0.1, -0.05) is 30.3 Å². The van der Waals surface area contributed by atoms with E-state index in [9.17, 15) is 4.79 Å². The van der Waals surface area contributed by atoms with Crippen molar-refractivity contribution in [3.63, 3.8) is 0 Å². The van der Waals surface area contributed by atoms with Gasteiger partial charge in [0.1, 0.15) is 0 Å². The van der Waals surface area contributed by atoms with Gasteiger partial charge in [-0.05, 0) is 31.2 Å². The topological polar surface area (TPSA) is 53.2 Å². The van der Waals surface area contributed by atoms with Crippen molar-refractivity contribution >= 4 is 6.03 Å². The third-order valence-corrected chi connectivity index (χ3v) is 4.10. The zero-order valence-electron chi connectivity index (χ0n) is 11.1. The lowest BCUT2D eigenvalue weighted by molar-refractivity contribution is 0.229. The molecule has 0 radical (unpaired) electrons. The number of hydrogen-bond donors (Lipinski definition) is 3. The number of piperidine rings is 1. The van der Waals surface area contributed by atoms with Crippen molar-refractivity contribution in [1.29, 1.82) is 0 Å². The molecular weight excluding hydrogens is 238 g/mol. The lowest BCUT2D eigenvalue weighted by Gasteiger charge is -2.29. The van der Waals surface area contributed by atoms with Gasteiger partial charge in [-0.2, -0.15) is 0 Å². The summed E-state index contributed by atoms with van der Waals surface area (Å²) < 4.78 is 0. The lowest BCUT2D eigenvalue weighted by Crippen LogP contribution is -2.50. The van der Waals surface area contributed by atoms with Crippen LogP contribution in [0.15, 0.2) is 30.3 Å². The van der Waals surface area contributed by atoms with Crippen LogP contribution >= 0.6 is 0 Å². The van der Waals surface area contributed by atoms with E-state index in [4.69, 9.17) is 0 Å². The lowest BCUT2D eigenvalue weighted by atomic mass is 10.0. The van der Waals surface area contributed by atoms with Crippen LogP contribution in [0, 0.1) is 0 Å². The molecule has 2 atom stereocenters. The van der Waals surface area contributed by atoms with Crippen molar-refractivity contribution in [2.45, 2.75) is 50.4 Å². The Morgan fingerprint density at radius 3 is 2.53 bits per heavy atom. The molecule has 19 heavy (non-hydrogen) atoms. The average molecular weight is 259 g/mol. The molecule has 0 spiro atoms. The molecule has 2 amide bonds. The predicted octanol–water partition coefficient (Wildman–Crippen LogP) is 1.77. The third-order valence-electron chi connectivity index (χ3n) is 4.10. The summed E-state index contributed by atoms with van der Waals surface area (Å²) in [6.07, 6.45) is 4.65. The van der Waals surface area contributed by atoms with Crippen LogP contribution in [0.5, 0.6) is 0 Å². The number of carbonyl (C=O) groups is 1. The Morgan fingerprint density at radius 1 is 1.16 bits per heavy atom. The molecule has 1 aromatic rings. The van der Waals surface area contributed by atoms with Gasteiger partial charge < -0.3 is 16.0 Å². The maximum absolute atomic E-state index is 11.9. The zero-order valence-corrected chi connectivity index (χ0v) is 11.1. The first-order valence-electron chi connectivity index (χ1n) is 7.14. The van der Waals surface area contributed by atoms with E-state index in [0.29, 0.717) is 24.7 Å². The molecule has 2 aliphatic heterocycles. The van der Waals surface area contributed by atoms with Gasteiger partial charge in [0, 0.05) is 24.7 Å². The normalized spacial score (nSPS) is 28.9. The number of hydrogen-bond acceptors (Lipinski definition) is 2. The maximum Gasteiger partial charge on any atom is 0.315 e.